The molecule has 1 aromatic heterocycles. The van der Waals surface area contributed by atoms with Crippen molar-refractivity contribution in [2.24, 2.45) is 0 Å². The highest BCUT2D eigenvalue weighted by Crippen LogP contribution is 2.33. The summed E-state index contributed by atoms with van der Waals surface area (Å²) >= 11 is 0. The van der Waals surface area contributed by atoms with Gasteiger partial charge >= 0.3 is 6.18 Å². The number of aromatic nitrogens is 1. The molecular weight excluding hydrogens is 322 g/mol. The van der Waals surface area contributed by atoms with Gasteiger partial charge in [0.05, 0.1) is 23.9 Å². The number of anilines is 1. The molecule has 0 aliphatic heterocycles. The number of hydrogen-bond acceptors (Lipinski definition) is 2. The van der Waals surface area contributed by atoms with E-state index in [0.717, 1.165) is 17.6 Å². The van der Waals surface area contributed by atoms with Crippen LogP contribution in [0.15, 0.2) is 48.7 Å². The predicted octanol–water partition coefficient (Wildman–Crippen LogP) is 4.74. The van der Waals surface area contributed by atoms with Crippen molar-refractivity contribution in [2.75, 3.05) is 5.32 Å². The summed E-state index contributed by atoms with van der Waals surface area (Å²) in [5.74, 6) is -0.352. The molecule has 0 spiro atoms. The average molecular weight is 333 g/mol. The second-order valence-electron chi connectivity index (χ2n) is 5.19. The summed E-state index contributed by atoms with van der Waals surface area (Å²) in [6, 6.07) is 11.0. The zero-order valence-electron chi connectivity index (χ0n) is 12.2. The molecule has 0 amide bonds. The van der Waals surface area contributed by atoms with E-state index in [4.69, 9.17) is 5.26 Å². The zero-order valence-corrected chi connectivity index (χ0v) is 12.2. The third kappa shape index (κ3) is 3.04. The molecule has 1 heterocycles. The number of rotatable bonds is 3. The summed E-state index contributed by atoms with van der Waals surface area (Å²) in [6.07, 6.45) is -2.88. The van der Waals surface area contributed by atoms with Crippen molar-refractivity contribution in [3.63, 3.8) is 0 Å². The molecule has 24 heavy (non-hydrogen) atoms. The standard InChI is InChI=1S/C17H11F4N3/c18-13-2-4-16-11(7-13)5-6-24(16)10-23-14-3-1-12(9-22)15(8-14)17(19,20)21/h1-8,23H,10H2. The number of nitrogens with one attached hydrogen (secondary N) is 1. The van der Waals surface area contributed by atoms with Crippen LogP contribution in [0.3, 0.4) is 0 Å². The molecule has 0 saturated carbocycles. The predicted molar refractivity (Wildman–Crippen MR) is 81.7 cm³/mol. The lowest BCUT2D eigenvalue weighted by atomic mass is 10.1. The highest BCUT2D eigenvalue weighted by molar-refractivity contribution is 5.80. The molecule has 0 radical (unpaired) electrons. The lowest BCUT2D eigenvalue weighted by Gasteiger charge is -2.13. The number of nitrogens with zero attached hydrogens (tertiary/aromatic N) is 2. The molecule has 0 atom stereocenters. The SMILES string of the molecule is N#Cc1ccc(NCn2ccc3cc(F)ccc32)cc1C(F)(F)F. The lowest BCUT2D eigenvalue weighted by molar-refractivity contribution is -0.137. The topological polar surface area (TPSA) is 40.8 Å². The summed E-state index contributed by atoms with van der Waals surface area (Å²) in [7, 11) is 0. The third-order valence-electron chi connectivity index (χ3n) is 3.63. The van der Waals surface area contributed by atoms with E-state index in [-0.39, 0.29) is 18.2 Å². The van der Waals surface area contributed by atoms with Crippen molar-refractivity contribution in [3.8, 4) is 6.07 Å². The van der Waals surface area contributed by atoms with Crippen LogP contribution in [0.25, 0.3) is 10.9 Å². The third-order valence-corrected chi connectivity index (χ3v) is 3.63. The fourth-order valence-electron chi connectivity index (χ4n) is 2.47. The van der Waals surface area contributed by atoms with Crippen LogP contribution in [0.4, 0.5) is 23.2 Å². The maximum Gasteiger partial charge on any atom is 0.417 e. The van der Waals surface area contributed by atoms with E-state index in [1.807, 2.05) is 0 Å². The molecule has 1 N–H and O–H groups in total. The highest BCUT2D eigenvalue weighted by Gasteiger charge is 2.33. The van der Waals surface area contributed by atoms with Crippen LogP contribution in [0.1, 0.15) is 11.1 Å². The first-order chi connectivity index (χ1) is 11.4. The zero-order chi connectivity index (χ0) is 17.3. The molecule has 0 saturated heterocycles. The lowest BCUT2D eigenvalue weighted by Crippen LogP contribution is -2.11. The van der Waals surface area contributed by atoms with Gasteiger partial charge < -0.3 is 9.88 Å². The van der Waals surface area contributed by atoms with E-state index in [1.54, 1.807) is 22.9 Å². The van der Waals surface area contributed by atoms with Gasteiger partial charge in [-0.3, -0.25) is 0 Å². The van der Waals surface area contributed by atoms with Gasteiger partial charge in [-0.1, -0.05) is 0 Å². The van der Waals surface area contributed by atoms with Crippen molar-refractivity contribution in [1.82, 2.24) is 4.57 Å². The van der Waals surface area contributed by atoms with Crippen molar-refractivity contribution >= 4 is 16.6 Å². The monoisotopic (exact) mass is 333 g/mol. The van der Waals surface area contributed by atoms with Crippen molar-refractivity contribution in [1.29, 1.82) is 5.26 Å². The van der Waals surface area contributed by atoms with Gasteiger partial charge in [-0.15, -0.1) is 0 Å². The molecule has 3 aromatic rings. The summed E-state index contributed by atoms with van der Waals surface area (Å²) < 4.78 is 53.8. The number of hydrogen-bond donors (Lipinski definition) is 1. The molecule has 122 valence electrons. The highest BCUT2D eigenvalue weighted by atomic mass is 19.4. The minimum Gasteiger partial charge on any atom is -0.367 e. The Bertz CT molecular complexity index is 935. The van der Waals surface area contributed by atoms with Crippen LogP contribution in [0, 0.1) is 17.1 Å². The van der Waals surface area contributed by atoms with E-state index in [0.29, 0.717) is 5.39 Å². The summed E-state index contributed by atoms with van der Waals surface area (Å²) in [4.78, 5) is 0. The first-order valence-electron chi connectivity index (χ1n) is 6.98. The Balaban J connectivity index is 1.85. The van der Waals surface area contributed by atoms with Crippen LogP contribution in [0.5, 0.6) is 0 Å². The van der Waals surface area contributed by atoms with Crippen molar-refractivity contribution < 1.29 is 17.6 Å². The van der Waals surface area contributed by atoms with Gasteiger partial charge in [0.1, 0.15) is 5.82 Å². The molecule has 3 nitrogen and oxygen atoms in total. The Hall–Kier alpha value is -3.01. The fraction of sp³-hybridized carbons (Fsp3) is 0.118. The molecular formula is C17H11F4N3. The Labute approximate surface area is 134 Å². The maximum absolute atomic E-state index is 13.2. The normalized spacial score (nSPS) is 11.5. The second-order valence-corrected chi connectivity index (χ2v) is 5.19. The van der Waals surface area contributed by atoms with Crippen LogP contribution in [-0.2, 0) is 12.8 Å². The number of halogens is 4. The van der Waals surface area contributed by atoms with Gasteiger partial charge in [0, 0.05) is 22.8 Å². The fourth-order valence-corrected chi connectivity index (χ4v) is 2.47. The molecule has 0 bridgehead atoms. The second kappa shape index (κ2) is 5.89. The maximum atomic E-state index is 13.2. The van der Waals surface area contributed by atoms with Gasteiger partial charge in [-0.25, -0.2) is 4.39 Å². The quantitative estimate of drug-likeness (QED) is 0.703. The van der Waals surface area contributed by atoms with Crippen molar-refractivity contribution in [3.05, 3.63) is 65.6 Å². The minimum absolute atomic E-state index is 0.207. The Morgan fingerprint density at radius 1 is 1.08 bits per heavy atom. The smallest absolute Gasteiger partial charge is 0.367 e. The number of nitriles is 1. The van der Waals surface area contributed by atoms with E-state index in [2.05, 4.69) is 5.32 Å². The molecule has 0 fully saturated rings. The average Bonchev–Trinajstić information content (AvgIpc) is 2.94. The Morgan fingerprint density at radius 2 is 1.88 bits per heavy atom. The first-order valence-corrected chi connectivity index (χ1v) is 6.98. The van der Waals surface area contributed by atoms with Gasteiger partial charge in [0.15, 0.2) is 0 Å². The van der Waals surface area contributed by atoms with E-state index >= 15 is 0 Å². The molecule has 2 aromatic carbocycles. The Kier molecular flexibility index (Phi) is 3.89. The van der Waals surface area contributed by atoms with Gasteiger partial charge in [-0.05, 0) is 42.5 Å². The number of fused-ring (bicyclic) bond motifs is 1. The largest absolute Gasteiger partial charge is 0.417 e. The van der Waals surface area contributed by atoms with Gasteiger partial charge in [0.2, 0.25) is 0 Å². The summed E-state index contributed by atoms with van der Waals surface area (Å²) in [5, 5.41) is 12.4. The molecule has 7 heteroatoms. The number of benzene rings is 2. The molecule has 0 aliphatic rings. The van der Waals surface area contributed by atoms with Crippen LogP contribution in [0.2, 0.25) is 0 Å². The minimum atomic E-state index is -4.60. The van der Waals surface area contributed by atoms with Gasteiger partial charge in [-0.2, -0.15) is 18.4 Å². The number of alkyl halides is 3. The van der Waals surface area contributed by atoms with Crippen molar-refractivity contribution in [2.45, 2.75) is 12.8 Å². The van der Waals surface area contributed by atoms with Crippen LogP contribution in [-0.4, -0.2) is 4.57 Å². The Morgan fingerprint density at radius 3 is 2.58 bits per heavy atom. The van der Waals surface area contributed by atoms with E-state index in [9.17, 15) is 17.6 Å². The summed E-state index contributed by atoms with van der Waals surface area (Å²) in [6.45, 7) is 0.207. The molecule has 0 aliphatic carbocycles. The summed E-state index contributed by atoms with van der Waals surface area (Å²) in [5.41, 5.74) is -0.400. The van der Waals surface area contributed by atoms with Crippen LogP contribution < -0.4 is 5.32 Å². The molecule has 0 unspecified atom stereocenters. The molecule has 3 rings (SSSR count). The van der Waals surface area contributed by atoms with Gasteiger partial charge in [0.25, 0.3) is 0 Å². The first kappa shape index (κ1) is 15.9. The van der Waals surface area contributed by atoms with E-state index < -0.39 is 17.3 Å². The van der Waals surface area contributed by atoms with E-state index in [1.165, 1.54) is 24.3 Å². The van der Waals surface area contributed by atoms with Crippen LogP contribution >= 0.6 is 0 Å².